The maximum Gasteiger partial charge on any atom is 0.338 e. The van der Waals surface area contributed by atoms with E-state index in [1.54, 1.807) is 24.3 Å². The number of benzene rings is 1. The zero-order valence-electron chi connectivity index (χ0n) is 19.6. The third-order valence-electron chi connectivity index (χ3n) is 5.18. The fourth-order valence-electron chi connectivity index (χ4n) is 3.51. The number of carbonyl (C=O) groups excluding carboxylic acids is 2. The lowest BCUT2D eigenvalue weighted by molar-refractivity contribution is -0.117. The Labute approximate surface area is 190 Å². The number of carbonyl (C=O) groups is 2. The quantitative estimate of drug-likeness (QED) is 0.663. The van der Waals surface area contributed by atoms with Gasteiger partial charge < -0.3 is 15.0 Å². The number of rotatable bonds is 7. The summed E-state index contributed by atoms with van der Waals surface area (Å²) in [5.41, 5.74) is 2.10. The van der Waals surface area contributed by atoms with E-state index in [0.29, 0.717) is 17.8 Å². The van der Waals surface area contributed by atoms with E-state index in [1.165, 1.54) is 0 Å². The second-order valence-corrected chi connectivity index (χ2v) is 8.72. The second kappa shape index (κ2) is 10.5. The van der Waals surface area contributed by atoms with Gasteiger partial charge in [-0.05, 0) is 45.0 Å². The van der Waals surface area contributed by atoms with E-state index in [0.717, 1.165) is 43.5 Å². The number of esters is 1. The molecule has 0 radical (unpaired) electrons. The molecule has 1 N–H and O–H groups in total. The average Bonchev–Trinajstić information content (AvgIpc) is 2.73. The number of hydrogen-bond acceptors (Lipinski definition) is 7. The minimum Gasteiger partial charge on any atom is -0.459 e. The Balaban J connectivity index is 1.49. The smallest absolute Gasteiger partial charge is 0.338 e. The molecule has 0 saturated carbocycles. The first-order valence-corrected chi connectivity index (χ1v) is 11.1. The fourth-order valence-corrected chi connectivity index (χ4v) is 3.51. The summed E-state index contributed by atoms with van der Waals surface area (Å²) in [6.07, 6.45) is -0.169. The Kier molecular flexibility index (Phi) is 7.80. The molecule has 2 heterocycles. The van der Waals surface area contributed by atoms with Gasteiger partial charge in [-0.3, -0.25) is 9.69 Å². The van der Waals surface area contributed by atoms with Crippen LogP contribution in [0.15, 0.2) is 30.3 Å². The van der Waals surface area contributed by atoms with Gasteiger partial charge in [0.25, 0.3) is 0 Å². The van der Waals surface area contributed by atoms with Crippen LogP contribution in [0.25, 0.3) is 0 Å². The van der Waals surface area contributed by atoms with E-state index < -0.39 is 0 Å². The van der Waals surface area contributed by atoms with E-state index >= 15 is 0 Å². The highest BCUT2D eigenvalue weighted by Crippen LogP contribution is 2.19. The standard InChI is InChI=1S/C24H33N5O3/c1-16(2)23-25-18(5)14-21(27-23)29-12-10-28(11-13-29)15-22(30)26-20-8-6-19(7-9-20)24(31)32-17(3)4/h6-9,14,16-17H,10-13,15H2,1-5H3,(H,26,30). The topological polar surface area (TPSA) is 87.7 Å². The zero-order valence-corrected chi connectivity index (χ0v) is 19.6. The predicted octanol–water partition coefficient (Wildman–Crippen LogP) is 3.23. The van der Waals surface area contributed by atoms with Crippen molar-refractivity contribution in [3.05, 3.63) is 47.4 Å². The van der Waals surface area contributed by atoms with Gasteiger partial charge >= 0.3 is 5.97 Å². The van der Waals surface area contributed by atoms with Gasteiger partial charge in [0.15, 0.2) is 0 Å². The van der Waals surface area contributed by atoms with Crippen LogP contribution in [-0.2, 0) is 9.53 Å². The molecule has 1 aliphatic rings. The number of aromatic nitrogens is 2. The van der Waals surface area contributed by atoms with Gasteiger partial charge in [0, 0.05) is 49.5 Å². The molecule has 0 aliphatic carbocycles. The SMILES string of the molecule is Cc1cc(N2CCN(CC(=O)Nc3ccc(C(=O)OC(C)C)cc3)CC2)nc(C(C)C)n1. The van der Waals surface area contributed by atoms with Crippen molar-refractivity contribution in [2.45, 2.75) is 46.6 Å². The number of amides is 1. The Morgan fingerprint density at radius 2 is 1.69 bits per heavy atom. The summed E-state index contributed by atoms with van der Waals surface area (Å²) in [5.74, 6) is 1.67. The summed E-state index contributed by atoms with van der Waals surface area (Å²) in [6, 6.07) is 8.78. The number of nitrogens with one attached hydrogen (secondary N) is 1. The van der Waals surface area contributed by atoms with Gasteiger partial charge in [-0.15, -0.1) is 0 Å². The molecule has 8 heteroatoms. The van der Waals surface area contributed by atoms with Gasteiger partial charge in [0.1, 0.15) is 11.6 Å². The van der Waals surface area contributed by atoms with E-state index in [4.69, 9.17) is 9.72 Å². The Hall–Kier alpha value is -3.00. The lowest BCUT2D eigenvalue weighted by Gasteiger charge is -2.35. The first-order chi connectivity index (χ1) is 15.2. The van der Waals surface area contributed by atoms with Crippen molar-refractivity contribution in [1.29, 1.82) is 0 Å². The average molecular weight is 440 g/mol. The summed E-state index contributed by atoms with van der Waals surface area (Å²) in [5, 5.41) is 2.90. The number of aryl methyl sites for hydroxylation is 1. The summed E-state index contributed by atoms with van der Waals surface area (Å²) in [6.45, 7) is 13.3. The summed E-state index contributed by atoms with van der Waals surface area (Å²) in [7, 11) is 0. The maximum atomic E-state index is 12.5. The molecule has 1 aromatic carbocycles. The number of anilines is 2. The van der Waals surface area contributed by atoms with Crippen LogP contribution in [0.5, 0.6) is 0 Å². The third kappa shape index (κ3) is 6.50. The zero-order chi connectivity index (χ0) is 23.3. The predicted molar refractivity (Wildman–Crippen MR) is 125 cm³/mol. The molecule has 3 rings (SSSR count). The van der Waals surface area contributed by atoms with Gasteiger partial charge in [0.05, 0.1) is 18.2 Å². The van der Waals surface area contributed by atoms with E-state index in [2.05, 4.69) is 33.9 Å². The van der Waals surface area contributed by atoms with Crippen LogP contribution >= 0.6 is 0 Å². The monoisotopic (exact) mass is 439 g/mol. The molecule has 1 amide bonds. The second-order valence-electron chi connectivity index (χ2n) is 8.72. The van der Waals surface area contributed by atoms with Crippen LogP contribution in [0, 0.1) is 6.92 Å². The lowest BCUT2D eigenvalue weighted by atomic mass is 10.2. The molecule has 2 aromatic rings. The van der Waals surface area contributed by atoms with Crippen molar-refractivity contribution in [2.24, 2.45) is 0 Å². The summed E-state index contributed by atoms with van der Waals surface area (Å²) < 4.78 is 5.18. The van der Waals surface area contributed by atoms with Crippen molar-refractivity contribution in [2.75, 3.05) is 42.9 Å². The highest BCUT2D eigenvalue weighted by molar-refractivity contribution is 5.94. The summed E-state index contributed by atoms with van der Waals surface area (Å²) >= 11 is 0. The number of hydrogen-bond donors (Lipinski definition) is 1. The highest BCUT2D eigenvalue weighted by Gasteiger charge is 2.21. The number of ether oxygens (including phenoxy) is 1. The molecule has 1 aliphatic heterocycles. The summed E-state index contributed by atoms with van der Waals surface area (Å²) in [4.78, 5) is 38.0. The molecule has 0 bridgehead atoms. The molecule has 172 valence electrons. The minimum absolute atomic E-state index is 0.0732. The first-order valence-electron chi connectivity index (χ1n) is 11.1. The van der Waals surface area contributed by atoms with Gasteiger partial charge in [0.2, 0.25) is 5.91 Å². The molecular weight excluding hydrogens is 406 g/mol. The Morgan fingerprint density at radius 1 is 1.03 bits per heavy atom. The van der Waals surface area contributed by atoms with Crippen molar-refractivity contribution >= 4 is 23.4 Å². The Bertz CT molecular complexity index is 935. The van der Waals surface area contributed by atoms with Crippen LogP contribution in [-0.4, -0.2) is 65.6 Å². The van der Waals surface area contributed by atoms with Crippen LogP contribution in [0.3, 0.4) is 0 Å². The molecule has 32 heavy (non-hydrogen) atoms. The van der Waals surface area contributed by atoms with E-state index in [1.807, 2.05) is 26.8 Å². The number of piperazine rings is 1. The molecule has 8 nitrogen and oxygen atoms in total. The highest BCUT2D eigenvalue weighted by atomic mass is 16.5. The maximum absolute atomic E-state index is 12.5. The molecule has 0 spiro atoms. The van der Waals surface area contributed by atoms with Crippen LogP contribution < -0.4 is 10.2 Å². The lowest BCUT2D eigenvalue weighted by Crippen LogP contribution is -2.49. The third-order valence-corrected chi connectivity index (χ3v) is 5.18. The molecular formula is C24H33N5O3. The van der Waals surface area contributed by atoms with Crippen LogP contribution in [0.2, 0.25) is 0 Å². The van der Waals surface area contributed by atoms with E-state index in [-0.39, 0.29) is 23.9 Å². The number of nitrogens with zero attached hydrogens (tertiary/aromatic N) is 4. The van der Waals surface area contributed by atoms with Crippen molar-refractivity contribution in [3.8, 4) is 0 Å². The minimum atomic E-state index is -0.366. The van der Waals surface area contributed by atoms with Crippen molar-refractivity contribution < 1.29 is 14.3 Å². The molecule has 0 unspecified atom stereocenters. The molecule has 0 atom stereocenters. The normalized spacial score (nSPS) is 14.7. The van der Waals surface area contributed by atoms with Gasteiger partial charge in [-0.2, -0.15) is 0 Å². The van der Waals surface area contributed by atoms with Crippen LogP contribution in [0.1, 0.15) is 55.5 Å². The van der Waals surface area contributed by atoms with Gasteiger partial charge in [-0.25, -0.2) is 14.8 Å². The largest absolute Gasteiger partial charge is 0.459 e. The molecule has 1 aromatic heterocycles. The van der Waals surface area contributed by atoms with Crippen LogP contribution in [0.4, 0.5) is 11.5 Å². The van der Waals surface area contributed by atoms with Gasteiger partial charge in [-0.1, -0.05) is 13.8 Å². The fraction of sp³-hybridized carbons (Fsp3) is 0.500. The van der Waals surface area contributed by atoms with Crippen molar-refractivity contribution in [3.63, 3.8) is 0 Å². The first kappa shape index (κ1) is 23.7. The Morgan fingerprint density at radius 3 is 2.28 bits per heavy atom. The van der Waals surface area contributed by atoms with Crippen molar-refractivity contribution in [1.82, 2.24) is 14.9 Å². The molecule has 1 saturated heterocycles. The van der Waals surface area contributed by atoms with E-state index in [9.17, 15) is 9.59 Å². The molecule has 1 fully saturated rings.